The van der Waals surface area contributed by atoms with Crippen LogP contribution in [0.2, 0.25) is 0 Å². The molecule has 1 aromatic rings. The van der Waals surface area contributed by atoms with Crippen LogP contribution in [0.25, 0.3) is 0 Å². The van der Waals surface area contributed by atoms with Crippen LogP contribution in [0.1, 0.15) is 43.6 Å². The summed E-state index contributed by atoms with van der Waals surface area (Å²) in [5.41, 5.74) is 5.62. The van der Waals surface area contributed by atoms with Crippen molar-refractivity contribution in [3.63, 3.8) is 0 Å². The lowest BCUT2D eigenvalue weighted by molar-refractivity contribution is -0.385. The number of nitrogens with two attached hydrogens (primary N) is 1. The third-order valence-corrected chi connectivity index (χ3v) is 3.47. The Hall–Kier alpha value is -2.11. The molecule has 1 saturated carbocycles. The standard InChI is InChI=1S/C13H16N2O4/c14-13(16)19-12-7-6-10(8-11(12)15(17)18)9-4-2-1-3-5-9/h6-9H,1-5H2,(H2,14,16). The fourth-order valence-electron chi connectivity index (χ4n) is 2.56. The molecule has 2 rings (SSSR count). The molecule has 0 spiro atoms. The Bertz CT molecular complexity index is 495. The molecule has 1 aliphatic carbocycles. The number of hydrogen-bond acceptors (Lipinski definition) is 4. The van der Waals surface area contributed by atoms with Gasteiger partial charge in [-0.1, -0.05) is 25.3 Å². The minimum absolute atomic E-state index is 0.0999. The number of primary amides is 1. The smallest absolute Gasteiger partial charge is 0.403 e. The molecule has 0 aromatic heterocycles. The highest BCUT2D eigenvalue weighted by atomic mass is 16.6. The molecule has 1 fully saturated rings. The van der Waals surface area contributed by atoms with Gasteiger partial charge < -0.3 is 10.5 Å². The Morgan fingerprint density at radius 1 is 1.32 bits per heavy atom. The molecule has 1 aromatic carbocycles. The van der Waals surface area contributed by atoms with Crippen molar-refractivity contribution in [2.24, 2.45) is 5.73 Å². The van der Waals surface area contributed by atoms with E-state index in [1.807, 2.05) is 0 Å². The van der Waals surface area contributed by atoms with Gasteiger partial charge in [0, 0.05) is 6.07 Å². The van der Waals surface area contributed by atoms with Crippen LogP contribution in [0.15, 0.2) is 18.2 Å². The number of ether oxygens (including phenoxy) is 1. The first-order valence-electron chi connectivity index (χ1n) is 6.33. The van der Waals surface area contributed by atoms with Crippen molar-refractivity contribution in [3.8, 4) is 5.75 Å². The molecule has 19 heavy (non-hydrogen) atoms. The maximum atomic E-state index is 11.0. The van der Waals surface area contributed by atoms with Crippen LogP contribution < -0.4 is 10.5 Å². The molecule has 0 unspecified atom stereocenters. The van der Waals surface area contributed by atoms with Crippen molar-refractivity contribution in [2.45, 2.75) is 38.0 Å². The van der Waals surface area contributed by atoms with E-state index in [0.717, 1.165) is 31.2 Å². The number of nitro benzene ring substituents is 1. The van der Waals surface area contributed by atoms with Crippen molar-refractivity contribution < 1.29 is 14.5 Å². The van der Waals surface area contributed by atoms with E-state index in [1.165, 1.54) is 18.6 Å². The van der Waals surface area contributed by atoms with Crippen LogP contribution in [0.5, 0.6) is 5.75 Å². The van der Waals surface area contributed by atoms with Crippen molar-refractivity contribution in [2.75, 3.05) is 0 Å². The minimum Gasteiger partial charge on any atom is -0.403 e. The zero-order valence-electron chi connectivity index (χ0n) is 10.5. The lowest BCUT2D eigenvalue weighted by atomic mass is 9.84. The molecule has 0 heterocycles. The molecule has 0 aliphatic heterocycles. The SMILES string of the molecule is NC(=O)Oc1ccc(C2CCCCC2)cc1[N+](=O)[O-]. The molecule has 6 heteroatoms. The fraction of sp³-hybridized carbons (Fsp3) is 0.462. The summed E-state index contributed by atoms with van der Waals surface area (Å²) in [6, 6.07) is 4.72. The first-order valence-corrected chi connectivity index (χ1v) is 6.33. The predicted molar refractivity (Wildman–Crippen MR) is 69.1 cm³/mol. The monoisotopic (exact) mass is 264 g/mol. The summed E-state index contributed by atoms with van der Waals surface area (Å²) >= 11 is 0. The average Bonchev–Trinajstić information content (AvgIpc) is 2.39. The van der Waals surface area contributed by atoms with E-state index < -0.39 is 11.0 Å². The number of carbonyl (C=O) groups is 1. The summed E-state index contributed by atoms with van der Waals surface area (Å²) in [6.45, 7) is 0. The molecule has 102 valence electrons. The summed E-state index contributed by atoms with van der Waals surface area (Å²) < 4.78 is 4.65. The molecule has 0 saturated heterocycles. The van der Waals surface area contributed by atoms with Gasteiger partial charge in [0.05, 0.1) is 4.92 Å². The molecular weight excluding hydrogens is 248 g/mol. The second-order valence-electron chi connectivity index (χ2n) is 4.74. The third-order valence-electron chi connectivity index (χ3n) is 3.47. The number of nitro groups is 1. The number of hydrogen-bond donors (Lipinski definition) is 1. The number of carbonyl (C=O) groups excluding carboxylic acids is 1. The number of amides is 1. The molecule has 1 amide bonds. The molecule has 0 bridgehead atoms. The highest BCUT2D eigenvalue weighted by Crippen LogP contribution is 2.37. The number of rotatable bonds is 3. The van der Waals surface area contributed by atoms with Gasteiger partial charge in [-0.2, -0.15) is 0 Å². The Labute approximate surface area is 110 Å². The minimum atomic E-state index is -1.05. The Balaban J connectivity index is 2.29. The highest BCUT2D eigenvalue weighted by molar-refractivity contribution is 5.70. The van der Waals surface area contributed by atoms with Crippen molar-refractivity contribution in [1.29, 1.82) is 0 Å². The van der Waals surface area contributed by atoms with E-state index in [2.05, 4.69) is 4.74 Å². The molecule has 2 N–H and O–H groups in total. The van der Waals surface area contributed by atoms with E-state index in [-0.39, 0.29) is 11.4 Å². The topological polar surface area (TPSA) is 95.5 Å². The molecule has 0 atom stereocenters. The van der Waals surface area contributed by atoms with Crippen LogP contribution in [0.4, 0.5) is 10.5 Å². The van der Waals surface area contributed by atoms with Gasteiger partial charge in [0.2, 0.25) is 5.75 Å². The third kappa shape index (κ3) is 3.21. The Morgan fingerprint density at radius 2 is 2.00 bits per heavy atom. The van der Waals surface area contributed by atoms with Crippen molar-refractivity contribution in [1.82, 2.24) is 0 Å². The molecule has 0 radical (unpaired) electrons. The summed E-state index contributed by atoms with van der Waals surface area (Å²) in [7, 11) is 0. The van der Waals surface area contributed by atoms with Gasteiger partial charge in [-0.3, -0.25) is 10.1 Å². The number of benzene rings is 1. The summed E-state index contributed by atoms with van der Waals surface area (Å²) in [5.74, 6) is 0.257. The second-order valence-corrected chi connectivity index (χ2v) is 4.74. The van der Waals surface area contributed by atoms with Gasteiger partial charge in [0.25, 0.3) is 0 Å². The number of nitrogens with zero attached hydrogens (tertiary/aromatic N) is 1. The van der Waals surface area contributed by atoms with Crippen LogP contribution >= 0.6 is 0 Å². The van der Waals surface area contributed by atoms with E-state index in [1.54, 1.807) is 6.07 Å². The second kappa shape index (κ2) is 5.69. The Morgan fingerprint density at radius 3 is 2.58 bits per heavy atom. The van der Waals surface area contributed by atoms with Crippen LogP contribution in [0.3, 0.4) is 0 Å². The van der Waals surface area contributed by atoms with Crippen LogP contribution in [-0.4, -0.2) is 11.0 Å². The lowest BCUT2D eigenvalue weighted by Gasteiger charge is -2.21. The summed E-state index contributed by atoms with van der Waals surface area (Å²) in [6.07, 6.45) is 4.58. The first kappa shape index (κ1) is 13.3. The largest absolute Gasteiger partial charge is 0.410 e. The quantitative estimate of drug-likeness (QED) is 0.670. The van der Waals surface area contributed by atoms with Gasteiger partial charge in [0.15, 0.2) is 0 Å². The highest BCUT2D eigenvalue weighted by Gasteiger charge is 2.22. The normalized spacial score (nSPS) is 16.0. The maximum absolute atomic E-state index is 11.0. The molecule has 6 nitrogen and oxygen atoms in total. The van der Waals surface area contributed by atoms with E-state index in [4.69, 9.17) is 5.73 Å². The molecular formula is C13H16N2O4. The van der Waals surface area contributed by atoms with Gasteiger partial charge in [-0.05, 0) is 30.4 Å². The van der Waals surface area contributed by atoms with Crippen LogP contribution in [0, 0.1) is 10.1 Å². The zero-order chi connectivity index (χ0) is 13.8. The summed E-state index contributed by atoms with van der Waals surface area (Å²) in [4.78, 5) is 21.2. The van der Waals surface area contributed by atoms with Crippen molar-refractivity contribution in [3.05, 3.63) is 33.9 Å². The van der Waals surface area contributed by atoms with E-state index in [0.29, 0.717) is 5.92 Å². The van der Waals surface area contributed by atoms with Gasteiger partial charge in [0.1, 0.15) is 0 Å². The maximum Gasteiger partial charge on any atom is 0.410 e. The summed E-state index contributed by atoms with van der Waals surface area (Å²) in [5, 5.41) is 11.0. The van der Waals surface area contributed by atoms with Crippen molar-refractivity contribution >= 4 is 11.8 Å². The van der Waals surface area contributed by atoms with Gasteiger partial charge in [-0.15, -0.1) is 0 Å². The van der Waals surface area contributed by atoms with Crippen LogP contribution in [-0.2, 0) is 0 Å². The molecule has 1 aliphatic rings. The zero-order valence-corrected chi connectivity index (χ0v) is 10.5. The van der Waals surface area contributed by atoms with E-state index >= 15 is 0 Å². The van der Waals surface area contributed by atoms with E-state index in [9.17, 15) is 14.9 Å². The average molecular weight is 264 g/mol. The lowest BCUT2D eigenvalue weighted by Crippen LogP contribution is -2.17. The fourth-order valence-corrected chi connectivity index (χ4v) is 2.56. The van der Waals surface area contributed by atoms with Gasteiger partial charge >= 0.3 is 11.8 Å². The first-order chi connectivity index (χ1) is 9.08. The predicted octanol–water partition coefficient (Wildman–Crippen LogP) is 3.10. The Kier molecular flexibility index (Phi) is 3.99. The van der Waals surface area contributed by atoms with Gasteiger partial charge in [-0.25, -0.2) is 4.79 Å².